The van der Waals surface area contributed by atoms with Crippen LogP contribution >= 0.6 is 0 Å². The molecule has 0 saturated heterocycles. The first kappa shape index (κ1) is 17.2. The number of nitrogens with zero attached hydrogens (tertiary/aromatic N) is 1. The zero-order valence-corrected chi connectivity index (χ0v) is 13.3. The van der Waals surface area contributed by atoms with Gasteiger partial charge in [0.05, 0.1) is 12.2 Å². The molecular formula is C17H26N2O2. The van der Waals surface area contributed by atoms with Crippen LogP contribution < -0.4 is 10.2 Å². The number of rotatable bonds is 9. The highest BCUT2D eigenvalue weighted by molar-refractivity contribution is 5.97. The summed E-state index contributed by atoms with van der Waals surface area (Å²) < 4.78 is 5.58. The number of carbonyl (C=O) groups excluding carboxylic acids is 1. The van der Waals surface area contributed by atoms with Crippen molar-refractivity contribution in [1.29, 1.82) is 0 Å². The van der Waals surface area contributed by atoms with Crippen molar-refractivity contribution in [2.75, 3.05) is 6.61 Å². The van der Waals surface area contributed by atoms with Gasteiger partial charge in [0.15, 0.2) is 0 Å². The monoisotopic (exact) mass is 290 g/mol. The fourth-order valence-corrected chi connectivity index (χ4v) is 1.89. The van der Waals surface area contributed by atoms with Crippen LogP contribution in [0.2, 0.25) is 0 Å². The maximum Gasteiger partial charge on any atom is 0.275 e. The zero-order chi connectivity index (χ0) is 15.5. The Morgan fingerprint density at radius 2 is 1.95 bits per heavy atom. The Hall–Kier alpha value is -1.84. The third-order valence-electron chi connectivity index (χ3n) is 3.08. The number of benzene rings is 1. The Morgan fingerprint density at radius 1 is 1.19 bits per heavy atom. The van der Waals surface area contributed by atoms with E-state index in [0.717, 1.165) is 25.0 Å². The minimum absolute atomic E-state index is 0.225. The lowest BCUT2D eigenvalue weighted by molar-refractivity contribution is 0.0950. The summed E-state index contributed by atoms with van der Waals surface area (Å²) in [5.74, 6) is 0.382. The van der Waals surface area contributed by atoms with Crippen LogP contribution in [0.3, 0.4) is 0 Å². The lowest BCUT2D eigenvalue weighted by atomic mass is 10.1. The number of carbonyl (C=O) groups is 1. The normalized spacial score (nSPS) is 11.3. The molecule has 0 aliphatic rings. The molecule has 0 fully saturated rings. The van der Waals surface area contributed by atoms with Gasteiger partial charge < -0.3 is 4.74 Å². The predicted octanol–water partition coefficient (Wildman–Crippen LogP) is 4.16. The molecule has 0 aliphatic carbocycles. The molecule has 4 nitrogen and oxygen atoms in total. The number of hydrogen-bond donors (Lipinski definition) is 1. The van der Waals surface area contributed by atoms with Crippen molar-refractivity contribution in [3.8, 4) is 5.75 Å². The Balaban J connectivity index is 2.60. The first-order valence-electron chi connectivity index (χ1n) is 7.74. The average molecular weight is 290 g/mol. The van der Waals surface area contributed by atoms with Crippen LogP contribution in [0.5, 0.6) is 5.75 Å². The summed E-state index contributed by atoms with van der Waals surface area (Å²) in [4.78, 5) is 12.2. The zero-order valence-electron chi connectivity index (χ0n) is 13.3. The van der Waals surface area contributed by atoms with Gasteiger partial charge in [-0.1, -0.05) is 38.8 Å². The van der Waals surface area contributed by atoms with E-state index in [0.29, 0.717) is 17.9 Å². The van der Waals surface area contributed by atoms with E-state index >= 15 is 0 Å². The minimum atomic E-state index is -0.225. The van der Waals surface area contributed by atoms with Crippen LogP contribution in [0, 0.1) is 0 Å². The molecule has 1 N–H and O–H groups in total. The van der Waals surface area contributed by atoms with Crippen molar-refractivity contribution in [2.45, 2.75) is 52.9 Å². The fraction of sp³-hybridized carbons (Fsp3) is 0.529. The van der Waals surface area contributed by atoms with Gasteiger partial charge >= 0.3 is 0 Å². The minimum Gasteiger partial charge on any atom is -0.493 e. The summed E-state index contributed by atoms with van der Waals surface area (Å²) in [6.45, 7) is 6.74. The van der Waals surface area contributed by atoms with Gasteiger partial charge in [-0.2, -0.15) is 5.10 Å². The van der Waals surface area contributed by atoms with Crippen LogP contribution in [0.15, 0.2) is 29.4 Å². The van der Waals surface area contributed by atoms with Gasteiger partial charge in [0.2, 0.25) is 0 Å². The number of hydrazone groups is 1. The van der Waals surface area contributed by atoms with Gasteiger partial charge in [-0.05, 0) is 38.3 Å². The number of unbranched alkanes of at least 4 members (excludes halogenated alkanes) is 2. The maximum absolute atomic E-state index is 12.2. The first-order chi connectivity index (χ1) is 10.2. The van der Waals surface area contributed by atoms with E-state index in [9.17, 15) is 4.79 Å². The molecule has 0 atom stereocenters. The lowest BCUT2D eigenvalue weighted by Crippen LogP contribution is -2.20. The van der Waals surface area contributed by atoms with E-state index in [2.05, 4.69) is 17.5 Å². The van der Waals surface area contributed by atoms with E-state index in [-0.39, 0.29) is 5.91 Å². The van der Waals surface area contributed by atoms with Gasteiger partial charge in [-0.15, -0.1) is 0 Å². The topological polar surface area (TPSA) is 50.7 Å². The third-order valence-corrected chi connectivity index (χ3v) is 3.08. The predicted molar refractivity (Wildman–Crippen MR) is 86.9 cm³/mol. The Kier molecular flexibility index (Phi) is 8.17. The van der Waals surface area contributed by atoms with Crippen molar-refractivity contribution in [1.82, 2.24) is 5.43 Å². The molecule has 21 heavy (non-hydrogen) atoms. The number of para-hydroxylation sites is 1. The molecular weight excluding hydrogens is 264 g/mol. The second kappa shape index (κ2) is 9.97. The van der Waals surface area contributed by atoms with Crippen molar-refractivity contribution >= 4 is 11.6 Å². The van der Waals surface area contributed by atoms with E-state index in [1.54, 1.807) is 6.07 Å². The molecule has 0 saturated carbocycles. The van der Waals surface area contributed by atoms with E-state index < -0.39 is 0 Å². The first-order valence-corrected chi connectivity index (χ1v) is 7.74. The van der Waals surface area contributed by atoms with Gasteiger partial charge in [0.25, 0.3) is 5.91 Å². The number of nitrogens with one attached hydrogen (secondary N) is 1. The van der Waals surface area contributed by atoms with Crippen LogP contribution in [0.4, 0.5) is 0 Å². The van der Waals surface area contributed by atoms with Crippen molar-refractivity contribution < 1.29 is 9.53 Å². The molecule has 1 amide bonds. The largest absolute Gasteiger partial charge is 0.493 e. The van der Waals surface area contributed by atoms with Gasteiger partial charge in [-0.3, -0.25) is 4.79 Å². The van der Waals surface area contributed by atoms with E-state index in [1.165, 1.54) is 12.8 Å². The van der Waals surface area contributed by atoms with Gasteiger partial charge in [-0.25, -0.2) is 5.43 Å². The molecule has 116 valence electrons. The number of hydrogen-bond acceptors (Lipinski definition) is 3. The lowest BCUT2D eigenvalue weighted by Gasteiger charge is -2.09. The summed E-state index contributed by atoms with van der Waals surface area (Å²) in [5, 5.41) is 4.16. The van der Waals surface area contributed by atoms with Gasteiger partial charge in [0, 0.05) is 5.71 Å². The molecule has 0 heterocycles. The summed E-state index contributed by atoms with van der Waals surface area (Å²) in [6.07, 6.45) is 5.31. The molecule has 0 aliphatic heterocycles. The molecule has 0 spiro atoms. The molecule has 1 aromatic carbocycles. The summed E-state index contributed by atoms with van der Waals surface area (Å²) in [7, 11) is 0. The molecule has 0 aromatic heterocycles. The third kappa shape index (κ3) is 6.43. The highest BCUT2D eigenvalue weighted by atomic mass is 16.5. The molecule has 4 heteroatoms. The quantitative estimate of drug-likeness (QED) is 0.422. The van der Waals surface area contributed by atoms with Crippen molar-refractivity contribution in [2.24, 2.45) is 5.10 Å². The Labute approximate surface area is 127 Å². The van der Waals surface area contributed by atoms with Crippen LogP contribution in [-0.4, -0.2) is 18.2 Å². The number of amides is 1. The standard InChI is InChI=1S/C17H26N2O2/c1-4-6-7-10-14(3)18-19-17(20)15-11-8-9-12-16(15)21-13-5-2/h8-9,11-12H,4-7,10,13H2,1-3H3,(H,19,20)/b18-14+. The molecule has 1 rings (SSSR count). The highest BCUT2D eigenvalue weighted by Gasteiger charge is 2.11. The smallest absolute Gasteiger partial charge is 0.275 e. The number of ether oxygens (including phenoxy) is 1. The molecule has 0 radical (unpaired) electrons. The summed E-state index contributed by atoms with van der Waals surface area (Å²) in [6, 6.07) is 7.25. The second-order valence-electron chi connectivity index (χ2n) is 5.09. The SMILES string of the molecule is CCCCC/C(C)=N/NC(=O)c1ccccc1OCCC. The van der Waals surface area contributed by atoms with Crippen molar-refractivity contribution in [3.05, 3.63) is 29.8 Å². The van der Waals surface area contributed by atoms with Crippen molar-refractivity contribution in [3.63, 3.8) is 0 Å². The maximum atomic E-state index is 12.2. The summed E-state index contributed by atoms with van der Waals surface area (Å²) >= 11 is 0. The van der Waals surface area contributed by atoms with Gasteiger partial charge in [0.1, 0.15) is 5.75 Å². The Bertz CT molecular complexity index is 470. The average Bonchev–Trinajstić information content (AvgIpc) is 2.51. The van der Waals surface area contributed by atoms with E-state index in [4.69, 9.17) is 4.74 Å². The van der Waals surface area contributed by atoms with E-state index in [1.807, 2.05) is 32.0 Å². The highest BCUT2D eigenvalue weighted by Crippen LogP contribution is 2.18. The molecule has 1 aromatic rings. The fourth-order valence-electron chi connectivity index (χ4n) is 1.89. The van der Waals surface area contributed by atoms with Crippen LogP contribution in [0.25, 0.3) is 0 Å². The second-order valence-corrected chi connectivity index (χ2v) is 5.09. The van der Waals surface area contributed by atoms with Crippen LogP contribution in [0.1, 0.15) is 63.2 Å². The summed E-state index contributed by atoms with van der Waals surface area (Å²) in [5.41, 5.74) is 4.08. The Morgan fingerprint density at radius 3 is 2.67 bits per heavy atom. The molecule has 0 bridgehead atoms. The molecule has 0 unspecified atom stereocenters. The van der Waals surface area contributed by atoms with Crippen LogP contribution in [-0.2, 0) is 0 Å².